The largest absolute Gasteiger partial charge is 0.379 e. The molecular formula is C15H32N4O6. The Hall–Kier alpha value is -0.970. The zero-order valence-corrected chi connectivity index (χ0v) is 15.0. The summed E-state index contributed by atoms with van der Waals surface area (Å²) in [6.07, 6.45) is 0.722. The van der Waals surface area contributed by atoms with E-state index in [0.717, 1.165) is 6.42 Å². The van der Waals surface area contributed by atoms with Crippen LogP contribution in [0.25, 0.3) is 10.4 Å². The van der Waals surface area contributed by atoms with E-state index in [2.05, 4.69) is 10.0 Å². The molecule has 0 aromatic rings. The minimum Gasteiger partial charge on any atom is -0.379 e. The Labute approximate surface area is 149 Å². The van der Waals surface area contributed by atoms with E-state index in [1.165, 1.54) is 0 Å². The minimum atomic E-state index is 0.461. The van der Waals surface area contributed by atoms with Crippen molar-refractivity contribution in [3.63, 3.8) is 0 Å². The van der Waals surface area contributed by atoms with Gasteiger partial charge in [0.05, 0.1) is 72.7 Å². The van der Waals surface area contributed by atoms with E-state index in [-0.39, 0.29) is 0 Å². The lowest BCUT2D eigenvalue weighted by Crippen LogP contribution is -2.15. The predicted octanol–water partition coefficient (Wildman–Crippen LogP) is 0.745. The smallest absolute Gasteiger partial charge is 0.0701 e. The van der Waals surface area contributed by atoms with Crippen molar-refractivity contribution in [3.05, 3.63) is 10.4 Å². The average molecular weight is 364 g/mol. The molecule has 0 rings (SSSR count). The molecule has 0 unspecified atom stereocenters. The maximum atomic E-state index is 8.09. The van der Waals surface area contributed by atoms with Gasteiger partial charge in [-0.15, -0.1) is 0 Å². The highest BCUT2D eigenvalue weighted by Gasteiger charge is 1.94. The standard InChI is InChI=1S/C15H32N4O6/c16-2-5-21-7-9-23-11-13-25-15-14-24-12-10-22-8-6-20-4-1-3-18-19-17/h1-16H2. The molecule has 0 atom stereocenters. The molecule has 10 nitrogen and oxygen atoms in total. The highest BCUT2D eigenvalue weighted by Crippen LogP contribution is 1.87. The van der Waals surface area contributed by atoms with Gasteiger partial charge in [0, 0.05) is 24.6 Å². The lowest BCUT2D eigenvalue weighted by molar-refractivity contribution is -0.0164. The molecule has 0 aliphatic heterocycles. The summed E-state index contributed by atoms with van der Waals surface area (Å²) in [4.78, 5) is 2.66. The van der Waals surface area contributed by atoms with Crippen molar-refractivity contribution in [2.45, 2.75) is 6.42 Å². The summed E-state index contributed by atoms with van der Waals surface area (Å²) in [5, 5.41) is 3.42. The fourth-order valence-corrected chi connectivity index (χ4v) is 1.57. The van der Waals surface area contributed by atoms with Crippen LogP contribution in [0.4, 0.5) is 0 Å². The van der Waals surface area contributed by atoms with Crippen molar-refractivity contribution in [2.24, 2.45) is 10.8 Å². The van der Waals surface area contributed by atoms with Crippen LogP contribution in [-0.4, -0.2) is 92.4 Å². The molecule has 0 bridgehead atoms. The Balaban J connectivity index is 2.97. The maximum Gasteiger partial charge on any atom is 0.0701 e. The van der Waals surface area contributed by atoms with Gasteiger partial charge >= 0.3 is 0 Å². The Morgan fingerprint density at radius 3 is 1.32 bits per heavy atom. The lowest BCUT2D eigenvalue weighted by Gasteiger charge is -2.08. The molecule has 0 aromatic carbocycles. The number of nitrogens with two attached hydrogens (primary N) is 1. The monoisotopic (exact) mass is 364 g/mol. The first-order valence-electron chi connectivity index (χ1n) is 8.59. The van der Waals surface area contributed by atoms with Crippen LogP contribution >= 0.6 is 0 Å². The summed E-state index contributed by atoms with van der Waals surface area (Å²) in [6, 6.07) is 0. The lowest BCUT2D eigenvalue weighted by atomic mass is 10.5. The van der Waals surface area contributed by atoms with E-state index in [1.807, 2.05) is 0 Å². The van der Waals surface area contributed by atoms with Crippen LogP contribution in [0.2, 0.25) is 0 Å². The van der Waals surface area contributed by atoms with Gasteiger partial charge in [0.1, 0.15) is 0 Å². The predicted molar refractivity (Wildman–Crippen MR) is 92.6 cm³/mol. The van der Waals surface area contributed by atoms with E-state index in [9.17, 15) is 0 Å². The van der Waals surface area contributed by atoms with E-state index in [0.29, 0.717) is 92.4 Å². The van der Waals surface area contributed by atoms with Gasteiger partial charge in [-0.1, -0.05) is 5.11 Å². The topological polar surface area (TPSA) is 130 Å². The van der Waals surface area contributed by atoms with Crippen molar-refractivity contribution in [3.8, 4) is 0 Å². The number of azide groups is 1. The van der Waals surface area contributed by atoms with Crippen molar-refractivity contribution in [1.82, 2.24) is 0 Å². The molecule has 0 aliphatic carbocycles. The molecule has 148 valence electrons. The van der Waals surface area contributed by atoms with Gasteiger partial charge in [0.25, 0.3) is 0 Å². The normalized spacial score (nSPS) is 10.8. The molecule has 0 spiro atoms. The quantitative estimate of drug-likeness (QED) is 0.138. The fourth-order valence-electron chi connectivity index (χ4n) is 1.57. The summed E-state index contributed by atoms with van der Waals surface area (Å²) in [5.41, 5.74) is 13.4. The summed E-state index contributed by atoms with van der Waals surface area (Å²) in [7, 11) is 0. The van der Waals surface area contributed by atoms with Crippen LogP contribution in [0, 0.1) is 0 Å². The van der Waals surface area contributed by atoms with E-state index in [1.54, 1.807) is 0 Å². The van der Waals surface area contributed by atoms with E-state index < -0.39 is 0 Å². The van der Waals surface area contributed by atoms with Gasteiger partial charge in [-0.3, -0.25) is 0 Å². The first-order chi connectivity index (χ1) is 12.4. The minimum absolute atomic E-state index is 0.461. The molecule has 0 radical (unpaired) electrons. The van der Waals surface area contributed by atoms with E-state index in [4.69, 9.17) is 39.7 Å². The second kappa shape index (κ2) is 23.0. The van der Waals surface area contributed by atoms with Gasteiger partial charge in [-0.05, 0) is 12.0 Å². The zero-order chi connectivity index (χ0) is 18.3. The highest BCUT2D eigenvalue weighted by molar-refractivity contribution is 4.45. The molecule has 0 saturated carbocycles. The molecule has 2 N–H and O–H groups in total. The Bertz CT molecular complexity index is 306. The molecule has 10 heteroatoms. The van der Waals surface area contributed by atoms with Crippen LogP contribution < -0.4 is 5.73 Å². The maximum absolute atomic E-state index is 8.09. The Morgan fingerprint density at radius 2 is 0.960 bits per heavy atom. The molecule has 0 fully saturated rings. The SMILES string of the molecule is [N-]=[N+]=NCCCOCCOCCOCCOCCOCCOCCN. The van der Waals surface area contributed by atoms with Crippen LogP contribution in [-0.2, 0) is 28.4 Å². The number of hydrogen-bond acceptors (Lipinski definition) is 8. The number of nitrogens with zero attached hydrogens (tertiary/aromatic N) is 3. The molecule has 0 aromatic heterocycles. The Kier molecular flexibility index (Phi) is 22.1. The molecule has 25 heavy (non-hydrogen) atoms. The molecule has 0 aliphatic rings. The van der Waals surface area contributed by atoms with Crippen LogP contribution in [0.1, 0.15) is 6.42 Å². The van der Waals surface area contributed by atoms with Gasteiger partial charge in [0.2, 0.25) is 0 Å². The third kappa shape index (κ3) is 23.0. The second-order valence-corrected chi connectivity index (χ2v) is 4.77. The summed E-state index contributed by atoms with van der Waals surface area (Å²) >= 11 is 0. The number of rotatable bonds is 21. The highest BCUT2D eigenvalue weighted by atomic mass is 16.6. The fraction of sp³-hybridized carbons (Fsp3) is 1.00. The number of ether oxygens (including phenoxy) is 6. The molecule has 0 amide bonds. The summed E-state index contributed by atoms with van der Waals surface area (Å²) < 4.78 is 31.9. The third-order valence-electron chi connectivity index (χ3n) is 2.73. The van der Waals surface area contributed by atoms with Gasteiger partial charge < -0.3 is 34.2 Å². The van der Waals surface area contributed by atoms with Crippen LogP contribution in [0.5, 0.6) is 0 Å². The van der Waals surface area contributed by atoms with Crippen molar-refractivity contribution < 1.29 is 28.4 Å². The second-order valence-electron chi connectivity index (χ2n) is 4.77. The molecule has 0 saturated heterocycles. The first-order valence-corrected chi connectivity index (χ1v) is 8.59. The van der Waals surface area contributed by atoms with E-state index >= 15 is 0 Å². The third-order valence-corrected chi connectivity index (χ3v) is 2.73. The van der Waals surface area contributed by atoms with Crippen LogP contribution in [0.15, 0.2) is 5.11 Å². The molecule has 0 heterocycles. The van der Waals surface area contributed by atoms with Crippen molar-refractivity contribution >= 4 is 0 Å². The summed E-state index contributed by atoms with van der Waals surface area (Å²) in [5.74, 6) is 0. The Morgan fingerprint density at radius 1 is 0.600 bits per heavy atom. The zero-order valence-electron chi connectivity index (χ0n) is 15.0. The average Bonchev–Trinajstić information content (AvgIpc) is 2.63. The summed E-state index contributed by atoms with van der Waals surface area (Å²) in [6.45, 7) is 7.45. The molecular weight excluding hydrogens is 332 g/mol. The van der Waals surface area contributed by atoms with Crippen molar-refractivity contribution in [1.29, 1.82) is 0 Å². The van der Waals surface area contributed by atoms with Gasteiger partial charge in [0.15, 0.2) is 0 Å². The van der Waals surface area contributed by atoms with Crippen LogP contribution in [0.3, 0.4) is 0 Å². The first kappa shape index (κ1) is 24.0. The van der Waals surface area contributed by atoms with Crippen molar-refractivity contribution in [2.75, 3.05) is 92.4 Å². The van der Waals surface area contributed by atoms with Gasteiger partial charge in [-0.2, -0.15) is 0 Å². The van der Waals surface area contributed by atoms with Gasteiger partial charge in [-0.25, -0.2) is 0 Å². The number of hydrogen-bond donors (Lipinski definition) is 1.